The smallest absolute Gasteiger partial charge is 0.326 e. The molecule has 1 heterocycles. The molecule has 132 valence electrons. The molecule has 1 rings (SSSR count). The first kappa shape index (κ1) is 19.4. The molecule has 0 aromatic rings. The van der Waals surface area contributed by atoms with Gasteiger partial charge in [0, 0.05) is 46.0 Å². The summed E-state index contributed by atoms with van der Waals surface area (Å²) in [4.78, 5) is 38.9. The van der Waals surface area contributed by atoms with Crippen molar-refractivity contribution >= 4 is 17.8 Å². The fourth-order valence-corrected chi connectivity index (χ4v) is 2.89. The number of methoxy groups -OCH3 is 1. The van der Waals surface area contributed by atoms with Gasteiger partial charge in [-0.2, -0.15) is 0 Å². The highest BCUT2D eigenvalue weighted by Gasteiger charge is 2.39. The van der Waals surface area contributed by atoms with Crippen LogP contribution in [0.1, 0.15) is 46.0 Å². The molecule has 0 spiro atoms. The van der Waals surface area contributed by atoms with Gasteiger partial charge >= 0.3 is 5.97 Å². The van der Waals surface area contributed by atoms with Crippen molar-refractivity contribution in [3.63, 3.8) is 0 Å². The van der Waals surface area contributed by atoms with Crippen LogP contribution < -0.4 is 0 Å². The molecule has 0 aromatic heterocycles. The van der Waals surface area contributed by atoms with E-state index in [0.29, 0.717) is 19.5 Å². The van der Waals surface area contributed by atoms with Gasteiger partial charge in [0.2, 0.25) is 11.8 Å². The summed E-state index contributed by atoms with van der Waals surface area (Å²) >= 11 is 0. The third-order valence-corrected chi connectivity index (χ3v) is 4.09. The predicted octanol–water partition coefficient (Wildman–Crippen LogP) is 1.12. The average Bonchev–Trinajstić information content (AvgIpc) is 2.96. The molecule has 0 aromatic carbocycles. The molecule has 7 nitrogen and oxygen atoms in total. The molecule has 23 heavy (non-hydrogen) atoms. The third-order valence-electron chi connectivity index (χ3n) is 4.09. The second kappa shape index (κ2) is 9.50. The SMILES string of the molecule is CCCN(CCC)C(=O)CCC(=O)N1CC(OC)CC1C(=O)O. The summed E-state index contributed by atoms with van der Waals surface area (Å²) in [5, 5.41) is 9.23. The van der Waals surface area contributed by atoms with Crippen LogP contribution in [0.25, 0.3) is 0 Å². The minimum atomic E-state index is -1.03. The van der Waals surface area contributed by atoms with Crippen LogP contribution >= 0.6 is 0 Å². The number of aliphatic carboxylic acids is 1. The summed E-state index contributed by atoms with van der Waals surface area (Å²) < 4.78 is 5.17. The Labute approximate surface area is 137 Å². The summed E-state index contributed by atoms with van der Waals surface area (Å²) in [7, 11) is 1.51. The highest BCUT2D eigenvalue weighted by Crippen LogP contribution is 2.21. The van der Waals surface area contributed by atoms with Gasteiger partial charge in [0.15, 0.2) is 0 Å². The van der Waals surface area contributed by atoms with Crippen molar-refractivity contribution in [1.82, 2.24) is 9.80 Å². The van der Waals surface area contributed by atoms with Crippen LogP contribution in [0.2, 0.25) is 0 Å². The maximum absolute atomic E-state index is 12.3. The summed E-state index contributed by atoms with van der Waals surface area (Å²) in [6.45, 7) is 5.66. The van der Waals surface area contributed by atoms with Crippen LogP contribution in [0.3, 0.4) is 0 Å². The molecular formula is C16H28N2O5. The number of carbonyl (C=O) groups is 3. The highest BCUT2D eigenvalue weighted by molar-refractivity contribution is 5.87. The number of carboxylic acid groups (broad SMARTS) is 1. The van der Waals surface area contributed by atoms with Crippen LogP contribution in [0, 0.1) is 0 Å². The second-order valence-corrected chi connectivity index (χ2v) is 5.87. The molecule has 2 amide bonds. The number of likely N-dealkylation sites (tertiary alicyclic amines) is 1. The quantitative estimate of drug-likeness (QED) is 0.685. The molecule has 0 aliphatic carbocycles. The predicted molar refractivity (Wildman–Crippen MR) is 84.9 cm³/mol. The van der Waals surface area contributed by atoms with E-state index in [0.717, 1.165) is 12.8 Å². The summed E-state index contributed by atoms with van der Waals surface area (Å²) in [5.74, 6) is -1.36. The zero-order valence-corrected chi connectivity index (χ0v) is 14.3. The fourth-order valence-electron chi connectivity index (χ4n) is 2.89. The van der Waals surface area contributed by atoms with Gasteiger partial charge in [-0.15, -0.1) is 0 Å². The number of rotatable bonds is 9. The third kappa shape index (κ3) is 5.49. The number of carbonyl (C=O) groups excluding carboxylic acids is 2. The van der Waals surface area contributed by atoms with Crippen LogP contribution in [0.4, 0.5) is 0 Å². The minimum absolute atomic E-state index is 0.0446. The number of hydrogen-bond acceptors (Lipinski definition) is 4. The van der Waals surface area contributed by atoms with E-state index < -0.39 is 12.0 Å². The van der Waals surface area contributed by atoms with Crippen molar-refractivity contribution < 1.29 is 24.2 Å². The fraction of sp³-hybridized carbons (Fsp3) is 0.812. The van der Waals surface area contributed by atoms with E-state index in [9.17, 15) is 19.5 Å². The first-order chi connectivity index (χ1) is 10.9. The first-order valence-electron chi connectivity index (χ1n) is 8.27. The topological polar surface area (TPSA) is 87.2 Å². The first-order valence-corrected chi connectivity index (χ1v) is 8.27. The maximum atomic E-state index is 12.3. The zero-order valence-electron chi connectivity index (χ0n) is 14.3. The van der Waals surface area contributed by atoms with E-state index in [2.05, 4.69) is 0 Å². The molecule has 2 atom stereocenters. The lowest BCUT2D eigenvalue weighted by atomic mass is 10.2. The van der Waals surface area contributed by atoms with E-state index in [4.69, 9.17) is 4.74 Å². The van der Waals surface area contributed by atoms with Gasteiger partial charge in [0.05, 0.1) is 6.10 Å². The van der Waals surface area contributed by atoms with Gasteiger partial charge in [-0.05, 0) is 12.8 Å². The van der Waals surface area contributed by atoms with Crippen molar-refractivity contribution in [3.05, 3.63) is 0 Å². The van der Waals surface area contributed by atoms with Crippen molar-refractivity contribution in [2.45, 2.75) is 58.1 Å². The molecular weight excluding hydrogens is 300 g/mol. The lowest BCUT2D eigenvalue weighted by Crippen LogP contribution is -2.41. The zero-order chi connectivity index (χ0) is 17.4. The Kier molecular flexibility index (Phi) is 8.02. The number of amides is 2. The van der Waals surface area contributed by atoms with E-state index in [1.54, 1.807) is 4.90 Å². The van der Waals surface area contributed by atoms with Gasteiger partial charge in [-0.3, -0.25) is 9.59 Å². The second-order valence-electron chi connectivity index (χ2n) is 5.87. The molecule has 1 fully saturated rings. The van der Waals surface area contributed by atoms with Gasteiger partial charge in [0.1, 0.15) is 6.04 Å². The Bertz CT molecular complexity index is 421. The van der Waals surface area contributed by atoms with Crippen LogP contribution in [-0.4, -0.2) is 71.6 Å². The van der Waals surface area contributed by atoms with Crippen molar-refractivity contribution in [3.8, 4) is 0 Å². The van der Waals surface area contributed by atoms with E-state index in [1.807, 2.05) is 13.8 Å². The lowest BCUT2D eigenvalue weighted by molar-refractivity contribution is -0.148. The van der Waals surface area contributed by atoms with Crippen molar-refractivity contribution in [2.24, 2.45) is 0 Å². The number of carboxylic acids is 1. The van der Waals surface area contributed by atoms with Gasteiger partial charge < -0.3 is 19.6 Å². The van der Waals surface area contributed by atoms with Gasteiger partial charge in [0.25, 0.3) is 0 Å². The Balaban J connectivity index is 2.57. The lowest BCUT2D eigenvalue weighted by Gasteiger charge is -2.23. The Hall–Kier alpha value is -1.63. The molecule has 1 saturated heterocycles. The molecule has 1 aliphatic heterocycles. The molecule has 0 saturated carbocycles. The van der Waals surface area contributed by atoms with Gasteiger partial charge in [-0.1, -0.05) is 13.8 Å². The monoisotopic (exact) mass is 328 g/mol. The highest BCUT2D eigenvalue weighted by atomic mass is 16.5. The summed E-state index contributed by atoms with van der Waals surface area (Å²) in [5.41, 5.74) is 0. The molecule has 0 radical (unpaired) electrons. The van der Waals surface area contributed by atoms with Crippen LogP contribution in [0.15, 0.2) is 0 Å². The Morgan fingerprint density at radius 2 is 1.78 bits per heavy atom. The largest absolute Gasteiger partial charge is 0.480 e. The number of ether oxygens (including phenoxy) is 1. The standard InChI is InChI=1S/C16H28N2O5/c1-4-8-17(9-5-2)14(19)6-7-15(20)18-11-12(23-3)10-13(18)16(21)22/h12-13H,4-11H2,1-3H3,(H,21,22). The minimum Gasteiger partial charge on any atom is -0.480 e. The summed E-state index contributed by atoms with van der Waals surface area (Å²) in [6, 6.07) is -0.857. The van der Waals surface area contributed by atoms with Crippen LogP contribution in [-0.2, 0) is 19.1 Å². The Morgan fingerprint density at radius 1 is 1.17 bits per heavy atom. The maximum Gasteiger partial charge on any atom is 0.326 e. The van der Waals surface area contributed by atoms with Crippen molar-refractivity contribution in [2.75, 3.05) is 26.7 Å². The van der Waals surface area contributed by atoms with Gasteiger partial charge in [-0.25, -0.2) is 4.79 Å². The number of hydrogen-bond donors (Lipinski definition) is 1. The van der Waals surface area contributed by atoms with Crippen LogP contribution in [0.5, 0.6) is 0 Å². The molecule has 7 heteroatoms. The molecule has 0 bridgehead atoms. The van der Waals surface area contributed by atoms with Crippen molar-refractivity contribution in [1.29, 1.82) is 0 Å². The normalized spacial score (nSPS) is 20.6. The van der Waals surface area contributed by atoms with E-state index in [-0.39, 0.29) is 37.3 Å². The average molecular weight is 328 g/mol. The molecule has 2 unspecified atom stereocenters. The molecule has 1 N–H and O–H groups in total. The number of nitrogens with zero attached hydrogens (tertiary/aromatic N) is 2. The van der Waals surface area contributed by atoms with E-state index >= 15 is 0 Å². The van der Waals surface area contributed by atoms with E-state index in [1.165, 1.54) is 12.0 Å². The Morgan fingerprint density at radius 3 is 2.26 bits per heavy atom. The summed E-state index contributed by atoms with van der Waals surface area (Å²) in [6.07, 6.45) is 1.96. The molecule has 1 aliphatic rings.